The Morgan fingerprint density at radius 1 is 1.50 bits per heavy atom. The minimum Gasteiger partial charge on any atom is -0.372 e. The van der Waals surface area contributed by atoms with Crippen molar-refractivity contribution in [3.8, 4) is 0 Å². The highest BCUT2D eigenvalue weighted by atomic mass is 16.5. The molecule has 1 aliphatic carbocycles. The molecule has 0 aliphatic heterocycles. The average molecular weight is 277 g/mol. The van der Waals surface area contributed by atoms with Crippen molar-refractivity contribution in [3.05, 3.63) is 29.6 Å². The number of aromatic nitrogens is 1. The maximum absolute atomic E-state index is 11.3. The first kappa shape index (κ1) is 14.9. The monoisotopic (exact) mass is 277 g/mol. The maximum atomic E-state index is 11.3. The van der Waals surface area contributed by atoms with Crippen LogP contribution in [0.3, 0.4) is 0 Å². The molecule has 1 fully saturated rings. The van der Waals surface area contributed by atoms with Crippen molar-refractivity contribution in [2.75, 3.05) is 0 Å². The van der Waals surface area contributed by atoms with Gasteiger partial charge in [0.1, 0.15) is 0 Å². The number of amides is 1. The van der Waals surface area contributed by atoms with Gasteiger partial charge in [-0.05, 0) is 30.9 Å². The molecule has 1 aromatic rings. The van der Waals surface area contributed by atoms with Crippen LogP contribution in [0, 0.1) is 5.92 Å². The van der Waals surface area contributed by atoms with Crippen LogP contribution in [-0.4, -0.2) is 17.0 Å². The number of rotatable bonds is 5. The van der Waals surface area contributed by atoms with Gasteiger partial charge in [0.25, 0.3) is 5.91 Å². The molecule has 1 amide bonds. The van der Waals surface area contributed by atoms with Crippen LogP contribution in [0.5, 0.6) is 0 Å². The van der Waals surface area contributed by atoms with Crippen molar-refractivity contribution in [2.45, 2.75) is 51.7 Å². The van der Waals surface area contributed by atoms with Gasteiger partial charge < -0.3 is 4.74 Å². The Labute approximate surface area is 119 Å². The van der Waals surface area contributed by atoms with E-state index < -0.39 is 0 Å². The lowest BCUT2D eigenvalue weighted by Crippen LogP contribution is -2.30. The first-order valence-corrected chi connectivity index (χ1v) is 7.30. The number of nitrogens with zero attached hydrogens (tertiary/aromatic N) is 1. The van der Waals surface area contributed by atoms with Crippen molar-refractivity contribution in [3.63, 3.8) is 0 Å². The third-order valence-corrected chi connectivity index (χ3v) is 4.00. The summed E-state index contributed by atoms with van der Waals surface area (Å²) in [5, 5.41) is 0. The smallest absolute Gasteiger partial charge is 0.266 e. The highest BCUT2D eigenvalue weighted by Crippen LogP contribution is 2.28. The van der Waals surface area contributed by atoms with Gasteiger partial charge in [-0.25, -0.2) is 5.84 Å². The van der Waals surface area contributed by atoms with E-state index in [1.165, 1.54) is 25.5 Å². The molecule has 0 spiro atoms. The SMILES string of the molecule is CCC1CCCC(OCc2ccc(C(=O)NN)cn2)C1. The van der Waals surface area contributed by atoms with Crippen LogP contribution in [0.1, 0.15) is 55.1 Å². The van der Waals surface area contributed by atoms with Crippen LogP contribution < -0.4 is 11.3 Å². The molecule has 1 saturated carbocycles. The van der Waals surface area contributed by atoms with Gasteiger partial charge in [-0.2, -0.15) is 0 Å². The molecule has 5 heteroatoms. The number of carbonyl (C=O) groups is 1. The van der Waals surface area contributed by atoms with E-state index in [0.717, 1.165) is 24.5 Å². The van der Waals surface area contributed by atoms with Crippen LogP contribution in [0.4, 0.5) is 0 Å². The molecule has 110 valence electrons. The highest BCUT2D eigenvalue weighted by molar-refractivity contribution is 5.93. The fraction of sp³-hybridized carbons (Fsp3) is 0.600. The van der Waals surface area contributed by atoms with Gasteiger partial charge in [-0.1, -0.05) is 26.2 Å². The van der Waals surface area contributed by atoms with Gasteiger partial charge in [0, 0.05) is 6.20 Å². The summed E-state index contributed by atoms with van der Waals surface area (Å²) in [5.41, 5.74) is 3.39. The molecular weight excluding hydrogens is 254 g/mol. The lowest BCUT2D eigenvalue weighted by atomic mass is 9.85. The van der Waals surface area contributed by atoms with E-state index in [1.807, 2.05) is 6.07 Å². The van der Waals surface area contributed by atoms with Gasteiger partial charge in [-0.15, -0.1) is 0 Å². The van der Waals surface area contributed by atoms with Gasteiger partial charge >= 0.3 is 0 Å². The second-order valence-corrected chi connectivity index (χ2v) is 5.39. The van der Waals surface area contributed by atoms with Crippen molar-refractivity contribution < 1.29 is 9.53 Å². The van der Waals surface area contributed by atoms with Gasteiger partial charge in [0.05, 0.1) is 24.0 Å². The first-order chi connectivity index (χ1) is 9.72. The summed E-state index contributed by atoms with van der Waals surface area (Å²) < 4.78 is 5.94. The summed E-state index contributed by atoms with van der Waals surface area (Å²) in [6, 6.07) is 3.52. The molecule has 2 rings (SSSR count). The zero-order valence-corrected chi connectivity index (χ0v) is 12.0. The third-order valence-electron chi connectivity index (χ3n) is 4.00. The van der Waals surface area contributed by atoms with Crippen LogP contribution >= 0.6 is 0 Å². The molecule has 1 heterocycles. The van der Waals surface area contributed by atoms with E-state index in [9.17, 15) is 4.79 Å². The van der Waals surface area contributed by atoms with Gasteiger partial charge in [0.2, 0.25) is 0 Å². The van der Waals surface area contributed by atoms with Crippen molar-refractivity contribution in [1.82, 2.24) is 10.4 Å². The molecule has 1 aliphatic rings. The number of carbonyl (C=O) groups excluding carboxylic acids is 1. The molecule has 0 aromatic carbocycles. The van der Waals surface area contributed by atoms with Crippen molar-refractivity contribution in [2.24, 2.45) is 11.8 Å². The summed E-state index contributed by atoms with van der Waals surface area (Å²) in [5.74, 6) is 5.55. The number of hydrazine groups is 1. The minimum atomic E-state index is -0.331. The Balaban J connectivity index is 1.83. The summed E-state index contributed by atoms with van der Waals surface area (Å²) >= 11 is 0. The molecule has 0 radical (unpaired) electrons. The molecule has 0 saturated heterocycles. The van der Waals surface area contributed by atoms with Crippen LogP contribution in [0.2, 0.25) is 0 Å². The number of nitrogens with one attached hydrogen (secondary N) is 1. The molecule has 2 unspecified atom stereocenters. The lowest BCUT2D eigenvalue weighted by molar-refractivity contribution is 0.000338. The Kier molecular flexibility index (Phi) is 5.49. The number of nitrogen functional groups attached to an aromatic ring is 1. The topological polar surface area (TPSA) is 77.2 Å². The maximum Gasteiger partial charge on any atom is 0.266 e. The lowest BCUT2D eigenvalue weighted by Gasteiger charge is -2.28. The van der Waals surface area contributed by atoms with E-state index in [2.05, 4.69) is 17.3 Å². The summed E-state index contributed by atoms with van der Waals surface area (Å²) in [4.78, 5) is 15.5. The van der Waals surface area contributed by atoms with E-state index >= 15 is 0 Å². The Morgan fingerprint density at radius 3 is 3.00 bits per heavy atom. The second-order valence-electron chi connectivity index (χ2n) is 5.39. The fourth-order valence-electron chi connectivity index (χ4n) is 2.69. The van der Waals surface area contributed by atoms with Crippen molar-refractivity contribution in [1.29, 1.82) is 0 Å². The normalized spacial score (nSPS) is 22.5. The number of nitrogens with two attached hydrogens (primary N) is 1. The van der Waals surface area contributed by atoms with Gasteiger partial charge in [-0.3, -0.25) is 15.2 Å². The zero-order chi connectivity index (χ0) is 14.4. The predicted octanol–water partition coefficient (Wildman–Crippen LogP) is 2.17. The number of ether oxygens (including phenoxy) is 1. The second kappa shape index (κ2) is 7.36. The van der Waals surface area contributed by atoms with Gasteiger partial charge in [0.15, 0.2) is 0 Å². The summed E-state index contributed by atoms with van der Waals surface area (Å²) in [6.07, 6.45) is 8.00. The summed E-state index contributed by atoms with van der Waals surface area (Å²) in [7, 11) is 0. The highest BCUT2D eigenvalue weighted by Gasteiger charge is 2.21. The van der Waals surface area contributed by atoms with Crippen LogP contribution in [-0.2, 0) is 11.3 Å². The molecule has 1 aromatic heterocycles. The van der Waals surface area contributed by atoms with E-state index in [-0.39, 0.29) is 5.91 Å². The number of pyridine rings is 1. The molecule has 2 atom stereocenters. The largest absolute Gasteiger partial charge is 0.372 e. The Morgan fingerprint density at radius 2 is 2.35 bits per heavy atom. The van der Waals surface area contributed by atoms with E-state index in [1.54, 1.807) is 6.07 Å². The molecular formula is C15H23N3O2. The van der Waals surface area contributed by atoms with E-state index in [0.29, 0.717) is 18.3 Å². The fourth-order valence-corrected chi connectivity index (χ4v) is 2.69. The molecule has 20 heavy (non-hydrogen) atoms. The van der Waals surface area contributed by atoms with Crippen LogP contribution in [0.25, 0.3) is 0 Å². The summed E-state index contributed by atoms with van der Waals surface area (Å²) in [6.45, 7) is 2.75. The molecule has 5 nitrogen and oxygen atoms in total. The van der Waals surface area contributed by atoms with Crippen LogP contribution in [0.15, 0.2) is 18.3 Å². The Hall–Kier alpha value is -1.46. The minimum absolute atomic E-state index is 0.331. The first-order valence-electron chi connectivity index (χ1n) is 7.30. The zero-order valence-electron chi connectivity index (χ0n) is 12.0. The van der Waals surface area contributed by atoms with E-state index in [4.69, 9.17) is 10.6 Å². The number of hydrogen-bond acceptors (Lipinski definition) is 4. The Bertz CT molecular complexity index is 433. The molecule has 0 bridgehead atoms. The van der Waals surface area contributed by atoms with Crippen molar-refractivity contribution >= 4 is 5.91 Å². The standard InChI is InChI=1S/C15H23N3O2/c1-2-11-4-3-5-14(8-11)20-10-13-7-6-12(9-17-13)15(19)18-16/h6-7,9,11,14H,2-5,8,10,16H2,1H3,(H,18,19). The average Bonchev–Trinajstić information content (AvgIpc) is 2.53. The predicted molar refractivity (Wildman–Crippen MR) is 76.7 cm³/mol. The molecule has 3 N–H and O–H groups in total. The number of hydrogen-bond donors (Lipinski definition) is 2. The quantitative estimate of drug-likeness (QED) is 0.491. The third kappa shape index (κ3) is 4.02.